The van der Waals surface area contributed by atoms with E-state index >= 15 is 0 Å². The van der Waals surface area contributed by atoms with Crippen molar-refractivity contribution in [2.24, 2.45) is 0 Å². The standard InChI is InChI=1S/C44H40O12/c1-4-39(45)51-22-6-8-24-53-41(47)29-10-14-31(15-11-29)43(49)55-33-18-20-35-36-21-19-34(27-38(36)28(3)37(35)26-33)56-44(50)32-16-12-30(13-17-32)42(48)54-25-9-7-23-52-40(46)5-2/h4-5,10-21,26-28H,1-2,6-9,22-25H2,3H3. The second-order valence-corrected chi connectivity index (χ2v) is 12.6. The van der Waals surface area contributed by atoms with E-state index in [1.54, 1.807) is 24.3 Å². The molecule has 0 fully saturated rings. The van der Waals surface area contributed by atoms with E-state index in [4.69, 9.17) is 28.4 Å². The van der Waals surface area contributed by atoms with Crippen molar-refractivity contribution in [2.45, 2.75) is 38.5 Å². The zero-order chi connectivity index (χ0) is 40.0. The minimum absolute atomic E-state index is 0.0998. The van der Waals surface area contributed by atoms with Crippen molar-refractivity contribution >= 4 is 35.8 Å². The summed E-state index contributed by atoms with van der Waals surface area (Å²) in [5, 5.41) is 0. The summed E-state index contributed by atoms with van der Waals surface area (Å²) in [4.78, 5) is 72.9. The van der Waals surface area contributed by atoms with Gasteiger partial charge in [0.05, 0.1) is 48.7 Å². The van der Waals surface area contributed by atoms with Gasteiger partial charge in [-0.15, -0.1) is 0 Å². The number of carbonyl (C=O) groups excluding carboxylic acids is 6. The second kappa shape index (κ2) is 19.5. The fourth-order valence-corrected chi connectivity index (χ4v) is 5.77. The van der Waals surface area contributed by atoms with E-state index in [-0.39, 0.29) is 54.6 Å². The number of rotatable bonds is 18. The summed E-state index contributed by atoms with van der Waals surface area (Å²) in [5.74, 6) is -2.68. The van der Waals surface area contributed by atoms with Gasteiger partial charge in [0.1, 0.15) is 11.5 Å². The maximum Gasteiger partial charge on any atom is 0.343 e. The van der Waals surface area contributed by atoms with Crippen molar-refractivity contribution < 1.29 is 57.2 Å². The molecule has 0 N–H and O–H groups in total. The van der Waals surface area contributed by atoms with E-state index in [1.165, 1.54) is 48.5 Å². The van der Waals surface area contributed by atoms with Gasteiger partial charge in [-0.1, -0.05) is 32.2 Å². The lowest BCUT2D eigenvalue weighted by Crippen LogP contribution is -2.11. The Kier molecular flexibility index (Phi) is 14.0. The molecule has 0 aromatic heterocycles. The summed E-state index contributed by atoms with van der Waals surface area (Å²) in [7, 11) is 0. The van der Waals surface area contributed by atoms with E-state index in [9.17, 15) is 28.8 Å². The first-order chi connectivity index (χ1) is 27.1. The van der Waals surface area contributed by atoms with Crippen molar-refractivity contribution in [3.63, 3.8) is 0 Å². The Morgan fingerprint density at radius 3 is 1.14 bits per heavy atom. The van der Waals surface area contributed by atoms with Crippen molar-refractivity contribution in [3.05, 3.63) is 144 Å². The number of carbonyl (C=O) groups is 6. The van der Waals surface area contributed by atoms with Crippen LogP contribution in [0.1, 0.15) is 91.1 Å². The fraction of sp³-hybridized carbons (Fsp3) is 0.227. The average Bonchev–Trinajstić information content (AvgIpc) is 3.49. The molecule has 0 unspecified atom stereocenters. The van der Waals surface area contributed by atoms with Crippen LogP contribution in [0.2, 0.25) is 0 Å². The van der Waals surface area contributed by atoms with Crippen molar-refractivity contribution in [2.75, 3.05) is 26.4 Å². The van der Waals surface area contributed by atoms with Crippen molar-refractivity contribution in [1.82, 2.24) is 0 Å². The third kappa shape index (κ3) is 10.7. The summed E-state index contributed by atoms with van der Waals surface area (Å²) in [6, 6.07) is 22.7. The summed E-state index contributed by atoms with van der Waals surface area (Å²) in [6.45, 7) is 9.37. The van der Waals surface area contributed by atoms with E-state index in [2.05, 4.69) is 13.2 Å². The van der Waals surface area contributed by atoms with Gasteiger partial charge in [0.25, 0.3) is 0 Å². The molecule has 5 rings (SSSR count). The van der Waals surface area contributed by atoms with E-state index in [0.29, 0.717) is 37.2 Å². The van der Waals surface area contributed by atoms with Crippen LogP contribution in [0, 0.1) is 0 Å². The van der Waals surface area contributed by atoms with Crippen LogP contribution in [0.25, 0.3) is 11.1 Å². The quantitative estimate of drug-likeness (QED) is 0.0322. The lowest BCUT2D eigenvalue weighted by molar-refractivity contribution is -0.138. The molecule has 12 nitrogen and oxygen atoms in total. The van der Waals surface area contributed by atoms with Gasteiger partial charge in [-0.25, -0.2) is 28.8 Å². The molecule has 4 aromatic carbocycles. The number of ether oxygens (including phenoxy) is 6. The fourth-order valence-electron chi connectivity index (χ4n) is 5.77. The topological polar surface area (TPSA) is 158 Å². The summed E-state index contributed by atoms with van der Waals surface area (Å²) in [5.41, 5.74) is 4.85. The van der Waals surface area contributed by atoms with E-state index < -0.39 is 35.8 Å². The molecule has 56 heavy (non-hydrogen) atoms. The Balaban J connectivity index is 1.10. The van der Waals surface area contributed by atoms with Crippen LogP contribution in [0.5, 0.6) is 11.5 Å². The number of benzene rings is 4. The van der Waals surface area contributed by atoms with Crippen LogP contribution in [-0.2, 0) is 28.5 Å². The van der Waals surface area contributed by atoms with Gasteiger partial charge < -0.3 is 28.4 Å². The molecular weight excluding hydrogens is 720 g/mol. The lowest BCUT2D eigenvalue weighted by atomic mass is 9.99. The van der Waals surface area contributed by atoms with Gasteiger partial charge >= 0.3 is 35.8 Å². The Hall–Kier alpha value is -6.82. The number of unbranched alkanes of at least 4 members (excludes halogenated alkanes) is 2. The molecule has 0 saturated carbocycles. The first kappa shape index (κ1) is 40.4. The van der Waals surface area contributed by atoms with Crippen LogP contribution in [-0.4, -0.2) is 62.2 Å². The van der Waals surface area contributed by atoms with Crippen LogP contribution in [0.15, 0.2) is 110 Å². The largest absolute Gasteiger partial charge is 0.463 e. The molecule has 1 aliphatic rings. The molecule has 0 heterocycles. The first-order valence-corrected chi connectivity index (χ1v) is 17.9. The molecule has 1 aliphatic carbocycles. The van der Waals surface area contributed by atoms with Crippen molar-refractivity contribution in [1.29, 1.82) is 0 Å². The Morgan fingerprint density at radius 2 is 0.804 bits per heavy atom. The SMILES string of the molecule is C=CC(=O)OCCCCOC(=O)c1ccc(C(=O)Oc2ccc3c(c2)C(C)c2cc(OC(=O)c4ccc(C(=O)OCCCCOC(=O)C=C)cc4)ccc2-3)cc1. The number of fused-ring (bicyclic) bond motifs is 3. The smallest absolute Gasteiger partial charge is 0.343 e. The third-order valence-corrected chi connectivity index (χ3v) is 8.77. The summed E-state index contributed by atoms with van der Waals surface area (Å²) in [6.07, 6.45) is 4.26. The van der Waals surface area contributed by atoms with Gasteiger partial charge in [0.2, 0.25) is 0 Å². The summed E-state index contributed by atoms with van der Waals surface area (Å²) < 4.78 is 31.6. The minimum atomic E-state index is -0.595. The molecule has 0 bridgehead atoms. The third-order valence-electron chi connectivity index (χ3n) is 8.77. The lowest BCUT2D eigenvalue weighted by Gasteiger charge is -2.10. The Morgan fingerprint density at radius 1 is 0.482 bits per heavy atom. The number of esters is 6. The monoisotopic (exact) mass is 760 g/mol. The molecule has 4 aromatic rings. The van der Waals surface area contributed by atoms with E-state index in [0.717, 1.165) is 34.4 Å². The van der Waals surface area contributed by atoms with Gasteiger partial charge in [-0.05, 0) is 121 Å². The Bertz CT molecular complexity index is 1960. The van der Waals surface area contributed by atoms with Gasteiger partial charge in [-0.2, -0.15) is 0 Å². The van der Waals surface area contributed by atoms with Crippen LogP contribution in [0.3, 0.4) is 0 Å². The molecule has 0 spiro atoms. The maximum atomic E-state index is 13.0. The molecule has 0 saturated heterocycles. The predicted molar refractivity (Wildman–Crippen MR) is 204 cm³/mol. The maximum absolute atomic E-state index is 13.0. The molecular formula is C44H40O12. The van der Waals surface area contributed by atoms with Gasteiger partial charge in [-0.3, -0.25) is 0 Å². The van der Waals surface area contributed by atoms with E-state index in [1.807, 2.05) is 19.1 Å². The highest BCUT2D eigenvalue weighted by molar-refractivity contribution is 5.95. The van der Waals surface area contributed by atoms with Crippen LogP contribution >= 0.6 is 0 Å². The molecule has 0 atom stereocenters. The highest BCUT2D eigenvalue weighted by atomic mass is 16.6. The molecule has 0 amide bonds. The normalized spacial score (nSPS) is 11.3. The number of hydrogen-bond donors (Lipinski definition) is 0. The predicted octanol–water partition coefficient (Wildman–Crippen LogP) is 7.59. The van der Waals surface area contributed by atoms with Gasteiger partial charge in [0.15, 0.2) is 0 Å². The molecule has 0 radical (unpaired) electrons. The molecule has 0 aliphatic heterocycles. The van der Waals surface area contributed by atoms with Crippen molar-refractivity contribution in [3.8, 4) is 22.6 Å². The van der Waals surface area contributed by atoms with Gasteiger partial charge in [0, 0.05) is 18.1 Å². The summed E-state index contributed by atoms with van der Waals surface area (Å²) >= 11 is 0. The highest BCUT2D eigenvalue weighted by Gasteiger charge is 2.27. The minimum Gasteiger partial charge on any atom is -0.463 e. The second-order valence-electron chi connectivity index (χ2n) is 12.6. The van der Waals surface area contributed by atoms with Crippen LogP contribution < -0.4 is 9.47 Å². The molecule has 12 heteroatoms. The average molecular weight is 761 g/mol. The van der Waals surface area contributed by atoms with Crippen LogP contribution in [0.4, 0.5) is 0 Å². The zero-order valence-electron chi connectivity index (χ0n) is 30.8. The number of hydrogen-bond acceptors (Lipinski definition) is 12. The highest BCUT2D eigenvalue weighted by Crippen LogP contribution is 2.47. The zero-order valence-corrected chi connectivity index (χ0v) is 30.8. The molecule has 288 valence electrons. The first-order valence-electron chi connectivity index (χ1n) is 17.9. The Labute approximate surface area is 323 Å².